The average Bonchev–Trinajstić information content (AvgIpc) is 3.02. The Hall–Kier alpha value is -0.960. The first-order valence-corrected chi connectivity index (χ1v) is 8.31. The molecule has 2 nitrogen and oxygen atoms in total. The van der Waals surface area contributed by atoms with Crippen molar-refractivity contribution < 1.29 is 0 Å². The first-order valence-electron chi connectivity index (χ1n) is 7.32. The van der Waals surface area contributed by atoms with Gasteiger partial charge in [-0.2, -0.15) is 0 Å². The maximum Gasteiger partial charge on any atom is 0.157 e. The van der Waals surface area contributed by atoms with E-state index in [1.165, 1.54) is 30.0 Å². The zero-order valence-corrected chi connectivity index (χ0v) is 12.3. The molecular formula is C16H22N2S. The molecule has 1 N–H and O–H groups in total. The number of aliphatic imine (C=N–C) groups is 1. The number of rotatable bonds is 3. The predicted molar refractivity (Wildman–Crippen MR) is 83.8 cm³/mol. The lowest BCUT2D eigenvalue weighted by molar-refractivity contribution is 0.528. The highest BCUT2D eigenvalue weighted by molar-refractivity contribution is 8.14. The summed E-state index contributed by atoms with van der Waals surface area (Å²) in [5, 5.41) is 4.78. The van der Waals surface area contributed by atoms with Gasteiger partial charge in [0.25, 0.3) is 0 Å². The largest absolute Gasteiger partial charge is 0.361 e. The molecule has 1 aliphatic heterocycles. The van der Waals surface area contributed by atoms with Gasteiger partial charge < -0.3 is 5.32 Å². The number of nitrogens with zero attached hydrogens (tertiary/aromatic N) is 1. The molecule has 1 aliphatic carbocycles. The molecule has 3 atom stereocenters. The van der Waals surface area contributed by atoms with Crippen LogP contribution in [0.1, 0.15) is 31.7 Å². The molecule has 102 valence electrons. The first kappa shape index (κ1) is 13.0. The van der Waals surface area contributed by atoms with E-state index in [0.29, 0.717) is 12.1 Å². The molecule has 1 saturated heterocycles. The normalized spacial score (nSPS) is 32.7. The summed E-state index contributed by atoms with van der Waals surface area (Å²) in [6.07, 6.45) is 5.07. The third-order valence-corrected chi connectivity index (χ3v) is 5.24. The second-order valence-electron chi connectivity index (χ2n) is 5.75. The van der Waals surface area contributed by atoms with Gasteiger partial charge in [-0.1, -0.05) is 55.4 Å². The highest BCUT2D eigenvalue weighted by atomic mass is 32.2. The Labute approximate surface area is 120 Å². The molecular weight excluding hydrogens is 252 g/mol. The Bertz CT molecular complexity index is 443. The summed E-state index contributed by atoms with van der Waals surface area (Å²) in [4.78, 5) is 4.92. The van der Waals surface area contributed by atoms with E-state index in [2.05, 4.69) is 42.6 Å². The standard InChI is InChI=1S/C16H22N2S/c1-12-6-5-9-15(12)18-16-17-14(11-19-16)10-13-7-3-2-4-8-13/h2-4,7-8,12,14-15H,5-6,9-11H2,1H3,(H,17,18). The van der Waals surface area contributed by atoms with Crippen LogP contribution in [0, 0.1) is 5.92 Å². The van der Waals surface area contributed by atoms with Crippen LogP contribution in [0.5, 0.6) is 0 Å². The summed E-state index contributed by atoms with van der Waals surface area (Å²) in [5.74, 6) is 1.91. The number of nitrogens with one attached hydrogen (secondary N) is 1. The van der Waals surface area contributed by atoms with Gasteiger partial charge in [0, 0.05) is 11.8 Å². The fourth-order valence-electron chi connectivity index (χ4n) is 2.99. The van der Waals surface area contributed by atoms with Gasteiger partial charge in [-0.15, -0.1) is 0 Å². The number of benzene rings is 1. The Balaban J connectivity index is 1.56. The van der Waals surface area contributed by atoms with Crippen molar-refractivity contribution in [3.8, 4) is 0 Å². The van der Waals surface area contributed by atoms with E-state index in [-0.39, 0.29) is 0 Å². The lowest BCUT2D eigenvalue weighted by Crippen LogP contribution is -2.29. The molecule has 0 radical (unpaired) electrons. The van der Waals surface area contributed by atoms with Crippen LogP contribution in [0.4, 0.5) is 0 Å². The highest BCUT2D eigenvalue weighted by Crippen LogP contribution is 2.29. The molecule has 0 bridgehead atoms. The van der Waals surface area contributed by atoms with Gasteiger partial charge >= 0.3 is 0 Å². The number of amidine groups is 1. The Morgan fingerprint density at radius 1 is 1.26 bits per heavy atom. The topological polar surface area (TPSA) is 24.4 Å². The van der Waals surface area contributed by atoms with E-state index in [9.17, 15) is 0 Å². The minimum Gasteiger partial charge on any atom is -0.361 e. The Morgan fingerprint density at radius 2 is 2.11 bits per heavy atom. The van der Waals surface area contributed by atoms with Gasteiger partial charge in [0.15, 0.2) is 5.17 Å². The summed E-state index contributed by atoms with van der Waals surface area (Å²) >= 11 is 1.90. The second kappa shape index (κ2) is 6.00. The summed E-state index contributed by atoms with van der Waals surface area (Å²) in [5.41, 5.74) is 1.41. The van der Waals surface area contributed by atoms with E-state index in [4.69, 9.17) is 4.99 Å². The molecule has 2 fully saturated rings. The highest BCUT2D eigenvalue weighted by Gasteiger charge is 2.26. The van der Waals surface area contributed by atoms with Crippen molar-refractivity contribution in [2.24, 2.45) is 10.9 Å². The Kier molecular flexibility index (Phi) is 4.12. The lowest BCUT2D eigenvalue weighted by Gasteiger charge is -2.12. The van der Waals surface area contributed by atoms with Crippen LogP contribution in [-0.2, 0) is 6.42 Å². The summed E-state index contributed by atoms with van der Waals surface area (Å²) < 4.78 is 0. The molecule has 0 spiro atoms. The van der Waals surface area contributed by atoms with Gasteiger partial charge in [0.2, 0.25) is 0 Å². The number of hydrogen-bond donors (Lipinski definition) is 1. The minimum absolute atomic E-state index is 0.544. The van der Waals surface area contributed by atoms with Crippen molar-refractivity contribution in [3.63, 3.8) is 0 Å². The molecule has 19 heavy (non-hydrogen) atoms. The molecule has 3 unspecified atom stereocenters. The van der Waals surface area contributed by atoms with Gasteiger partial charge in [-0.05, 0) is 30.7 Å². The smallest absolute Gasteiger partial charge is 0.157 e. The SMILES string of the molecule is CC1CCCC1N=C1NC(Cc2ccccc2)CS1. The molecule has 1 aromatic carbocycles. The fourth-order valence-corrected chi connectivity index (χ4v) is 4.01. The minimum atomic E-state index is 0.544. The van der Waals surface area contributed by atoms with Crippen molar-refractivity contribution in [1.29, 1.82) is 0 Å². The molecule has 1 heterocycles. The summed E-state index contributed by atoms with van der Waals surface area (Å²) in [7, 11) is 0. The average molecular weight is 274 g/mol. The van der Waals surface area contributed by atoms with Crippen LogP contribution in [-0.4, -0.2) is 23.0 Å². The monoisotopic (exact) mass is 274 g/mol. The second-order valence-corrected chi connectivity index (χ2v) is 6.76. The molecule has 1 aromatic rings. The maximum atomic E-state index is 4.92. The van der Waals surface area contributed by atoms with E-state index < -0.39 is 0 Å². The molecule has 3 rings (SSSR count). The predicted octanol–water partition coefficient (Wildman–Crippen LogP) is 3.48. The third kappa shape index (κ3) is 3.33. The maximum absolute atomic E-state index is 4.92. The fraction of sp³-hybridized carbons (Fsp3) is 0.562. The molecule has 0 aromatic heterocycles. The van der Waals surface area contributed by atoms with Crippen LogP contribution in [0.3, 0.4) is 0 Å². The number of thioether (sulfide) groups is 1. The summed E-state index contributed by atoms with van der Waals surface area (Å²) in [6, 6.07) is 11.8. The zero-order chi connectivity index (χ0) is 13.1. The van der Waals surface area contributed by atoms with Crippen molar-refractivity contribution in [2.45, 2.75) is 44.7 Å². The molecule has 0 amide bonds. The number of hydrogen-bond acceptors (Lipinski definition) is 2. The van der Waals surface area contributed by atoms with Gasteiger partial charge in [0.05, 0.1) is 6.04 Å². The lowest BCUT2D eigenvalue weighted by atomic mass is 10.1. The van der Waals surface area contributed by atoms with Crippen LogP contribution in [0.25, 0.3) is 0 Å². The van der Waals surface area contributed by atoms with Crippen molar-refractivity contribution in [2.75, 3.05) is 5.75 Å². The zero-order valence-electron chi connectivity index (χ0n) is 11.5. The summed E-state index contributed by atoms with van der Waals surface area (Å²) in [6.45, 7) is 2.34. The van der Waals surface area contributed by atoms with Crippen LogP contribution < -0.4 is 5.32 Å². The van der Waals surface area contributed by atoms with Crippen molar-refractivity contribution >= 4 is 16.9 Å². The molecule has 2 aliphatic rings. The molecule has 3 heteroatoms. The van der Waals surface area contributed by atoms with E-state index >= 15 is 0 Å². The third-order valence-electron chi connectivity index (χ3n) is 4.17. The van der Waals surface area contributed by atoms with Crippen molar-refractivity contribution in [1.82, 2.24) is 5.32 Å². The van der Waals surface area contributed by atoms with Crippen LogP contribution in [0.15, 0.2) is 35.3 Å². The van der Waals surface area contributed by atoms with Crippen molar-refractivity contribution in [3.05, 3.63) is 35.9 Å². The van der Waals surface area contributed by atoms with Crippen LogP contribution in [0.2, 0.25) is 0 Å². The van der Waals surface area contributed by atoms with Gasteiger partial charge in [0.1, 0.15) is 0 Å². The van der Waals surface area contributed by atoms with E-state index in [1.807, 2.05) is 11.8 Å². The molecule has 1 saturated carbocycles. The van der Waals surface area contributed by atoms with Gasteiger partial charge in [-0.3, -0.25) is 4.99 Å². The van der Waals surface area contributed by atoms with Crippen LogP contribution >= 0.6 is 11.8 Å². The quantitative estimate of drug-likeness (QED) is 0.912. The van der Waals surface area contributed by atoms with E-state index in [0.717, 1.165) is 18.1 Å². The Morgan fingerprint density at radius 3 is 2.84 bits per heavy atom. The van der Waals surface area contributed by atoms with Gasteiger partial charge in [-0.25, -0.2) is 0 Å². The first-order chi connectivity index (χ1) is 9.31. The van der Waals surface area contributed by atoms with E-state index in [1.54, 1.807) is 0 Å².